The predicted molar refractivity (Wildman–Crippen MR) is 82.2 cm³/mol. The molecule has 3 aromatic rings. The first-order valence-corrected chi connectivity index (χ1v) is 6.93. The normalized spacial score (nSPS) is 10.5. The van der Waals surface area contributed by atoms with Gasteiger partial charge < -0.3 is 4.74 Å². The van der Waals surface area contributed by atoms with Gasteiger partial charge in [0, 0.05) is 12.1 Å². The summed E-state index contributed by atoms with van der Waals surface area (Å²) in [6, 6.07) is 18.2. The van der Waals surface area contributed by atoms with Crippen LogP contribution in [0.2, 0.25) is 0 Å². The van der Waals surface area contributed by atoms with E-state index in [4.69, 9.17) is 4.74 Å². The van der Waals surface area contributed by atoms with Crippen molar-refractivity contribution in [3.63, 3.8) is 0 Å². The Morgan fingerprint density at radius 3 is 2.71 bits per heavy atom. The molecule has 0 radical (unpaired) electrons. The van der Waals surface area contributed by atoms with Crippen LogP contribution in [-0.4, -0.2) is 22.1 Å². The number of hydrogen-bond donors (Lipinski definition) is 0. The molecule has 0 bridgehead atoms. The summed E-state index contributed by atoms with van der Waals surface area (Å²) in [6.45, 7) is 0.820. The molecule has 4 nitrogen and oxygen atoms in total. The Bertz CT molecular complexity index is 707. The number of ether oxygens (including phenoxy) is 1. The van der Waals surface area contributed by atoms with Crippen LogP contribution >= 0.6 is 0 Å². The fourth-order valence-corrected chi connectivity index (χ4v) is 2.21. The molecule has 1 heterocycles. The molecule has 0 saturated carbocycles. The Morgan fingerprint density at radius 2 is 1.90 bits per heavy atom. The van der Waals surface area contributed by atoms with Crippen LogP contribution in [0.1, 0.15) is 5.56 Å². The van der Waals surface area contributed by atoms with Gasteiger partial charge in [-0.3, -0.25) is 4.68 Å². The van der Waals surface area contributed by atoms with Gasteiger partial charge in [-0.2, -0.15) is 0 Å². The van der Waals surface area contributed by atoms with Crippen LogP contribution in [0.15, 0.2) is 60.8 Å². The molecule has 0 aliphatic carbocycles. The van der Waals surface area contributed by atoms with Gasteiger partial charge in [-0.05, 0) is 24.1 Å². The van der Waals surface area contributed by atoms with E-state index in [2.05, 4.69) is 34.6 Å². The molecule has 0 unspecified atom stereocenters. The zero-order valence-corrected chi connectivity index (χ0v) is 11.9. The molecule has 0 atom stereocenters. The van der Waals surface area contributed by atoms with Gasteiger partial charge in [0.05, 0.1) is 13.3 Å². The first-order chi connectivity index (χ1) is 10.3. The molecule has 0 amide bonds. The van der Waals surface area contributed by atoms with Gasteiger partial charge in [-0.15, -0.1) is 5.10 Å². The van der Waals surface area contributed by atoms with E-state index in [0.29, 0.717) is 0 Å². The molecule has 3 rings (SSSR count). The molecule has 4 heteroatoms. The molecule has 1 aromatic heterocycles. The number of hydrogen-bond acceptors (Lipinski definition) is 3. The molecular formula is C17H17N3O. The lowest BCUT2D eigenvalue weighted by atomic mass is 10.1. The largest absolute Gasteiger partial charge is 0.497 e. The van der Waals surface area contributed by atoms with Crippen LogP contribution in [0.5, 0.6) is 5.75 Å². The smallest absolute Gasteiger partial charge is 0.119 e. The highest BCUT2D eigenvalue weighted by Gasteiger charge is 2.05. The van der Waals surface area contributed by atoms with Crippen molar-refractivity contribution < 1.29 is 4.74 Å². The topological polar surface area (TPSA) is 39.9 Å². The predicted octanol–water partition coefficient (Wildman–Crippen LogP) is 3.20. The molecule has 2 aromatic carbocycles. The molecule has 0 aliphatic rings. The van der Waals surface area contributed by atoms with Crippen molar-refractivity contribution in [2.75, 3.05) is 7.11 Å². The van der Waals surface area contributed by atoms with Crippen molar-refractivity contribution in [2.45, 2.75) is 13.0 Å². The lowest BCUT2D eigenvalue weighted by Crippen LogP contribution is -2.01. The first kappa shape index (κ1) is 13.4. The molecule has 106 valence electrons. The highest BCUT2D eigenvalue weighted by Crippen LogP contribution is 2.21. The molecule has 0 aliphatic heterocycles. The van der Waals surface area contributed by atoms with E-state index in [0.717, 1.165) is 30.0 Å². The van der Waals surface area contributed by atoms with E-state index < -0.39 is 0 Å². The minimum atomic E-state index is 0.820. The summed E-state index contributed by atoms with van der Waals surface area (Å²) in [6.07, 6.45) is 2.92. The minimum Gasteiger partial charge on any atom is -0.497 e. The van der Waals surface area contributed by atoms with Gasteiger partial charge in [0.15, 0.2) is 0 Å². The second-order valence-electron chi connectivity index (χ2n) is 4.83. The quantitative estimate of drug-likeness (QED) is 0.720. The SMILES string of the molecule is COc1cccc(-c2cn(CCc3ccccc3)nn2)c1. The summed E-state index contributed by atoms with van der Waals surface area (Å²) in [5, 5.41) is 8.42. The summed E-state index contributed by atoms with van der Waals surface area (Å²) in [5.74, 6) is 0.825. The summed E-state index contributed by atoms with van der Waals surface area (Å²) >= 11 is 0. The third kappa shape index (κ3) is 3.28. The van der Waals surface area contributed by atoms with Gasteiger partial charge in [0.25, 0.3) is 0 Å². The van der Waals surface area contributed by atoms with Crippen LogP contribution in [0.4, 0.5) is 0 Å². The maximum atomic E-state index is 5.23. The van der Waals surface area contributed by atoms with E-state index in [1.807, 2.05) is 41.2 Å². The van der Waals surface area contributed by atoms with Crippen LogP contribution in [0, 0.1) is 0 Å². The number of nitrogens with zero attached hydrogens (tertiary/aromatic N) is 3. The Balaban J connectivity index is 1.71. The van der Waals surface area contributed by atoms with Crippen LogP contribution < -0.4 is 4.74 Å². The zero-order chi connectivity index (χ0) is 14.5. The fraction of sp³-hybridized carbons (Fsp3) is 0.176. The van der Waals surface area contributed by atoms with Crippen molar-refractivity contribution in [3.8, 4) is 17.0 Å². The minimum absolute atomic E-state index is 0.820. The van der Waals surface area contributed by atoms with Gasteiger partial charge in [0.1, 0.15) is 11.4 Å². The third-order valence-corrected chi connectivity index (χ3v) is 3.38. The van der Waals surface area contributed by atoms with Crippen LogP contribution in [0.25, 0.3) is 11.3 Å². The summed E-state index contributed by atoms with van der Waals surface area (Å²) < 4.78 is 7.11. The van der Waals surface area contributed by atoms with Gasteiger partial charge in [0.2, 0.25) is 0 Å². The van der Waals surface area contributed by atoms with E-state index in [-0.39, 0.29) is 0 Å². The van der Waals surface area contributed by atoms with Crippen molar-refractivity contribution in [1.82, 2.24) is 15.0 Å². The molecule has 0 spiro atoms. The van der Waals surface area contributed by atoms with E-state index in [9.17, 15) is 0 Å². The lowest BCUT2D eigenvalue weighted by molar-refractivity contribution is 0.415. The van der Waals surface area contributed by atoms with E-state index in [1.54, 1.807) is 7.11 Å². The van der Waals surface area contributed by atoms with E-state index in [1.165, 1.54) is 5.56 Å². The van der Waals surface area contributed by atoms with Gasteiger partial charge in [-0.1, -0.05) is 47.7 Å². The first-order valence-electron chi connectivity index (χ1n) is 6.93. The average Bonchev–Trinajstić information content (AvgIpc) is 3.03. The average molecular weight is 279 g/mol. The summed E-state index contributed by atoms with van der Waals surface area (Å²) in [4.78, 5) is 0. The summed E-state index contributed by atoms with van der Waals surface area (Å²) in [5.41, 5.74) is 3.18. The van der Waals surface area contributed by atoms with Crippen LogP contribution in [0.3, 0.4) is 0 Å². The van der Waals surface area contributed by atoms with Gasteiger partial charge in [-0.25, -0.2) is 0 Å². The second-order valence-corrected chi connectivity index (χ2v) is 4.83. The molecular weight excluding hydrogens is 262 g/mol. The Hall–Kier alpha value is -2.62. The van der Waals surface area contributed by atoms with Crippen LogP contribution in [-0.2, 0) is 13.0 Å². The standard InChI is InChI=1S/C17H17N3O/c1-21-16-9-5-8-15(12-16)17-13-20(19-18-17)11-10-14-6-3-2-4-7-14/h2-9,12-13H,10-11H2,1H3. The third-order valence-electron chi connectivity index (χ3n) is 3.38. The maximum absolute atomic E-state index is 5.23. The monoisotopic (exact) mass is 279 g/mol. The highest BCUT2D eigenvalue weighted by molar-refractivity contribution is 5.59. The lowest BCUT2D eigenvalue weighted by Gasteiger charge is -2.01. The van der Waals surface area contributed by atoms with Crippen molar-refractivity contribution >= 4 is 0 Å². The zero-order valence-electron chi connectivity index (χ0n) is 11.9. The van der Waals surface area contributed by atoms with Crippen molar-refractivity contribution in [1.29, 1.82) is 0 Å². The summed E-state index contributed by atoms with van der Waals surface area (Å²) in [7, 11) is 1.66. The number of benzene rings is 2. The Morgan fingerprint density at radius 1 is 1.05 bits per heavy atom. The fourth-order valence-electron chi connectivity index (χ4n) is 2.21. The van der Waals surface area contributed by atoms with Crippen molar-refractivity contribution in [2.24, 2.45) is 0 Å². The van der Waals surface area contributed by atoms with Crippen molar-refractivity contribution in [3.05, 3.63) is 66.4 Å². The highest BCUT2D eigenvalue weighted by atomic mass is 16.5. The number of methoxy groups -OCH3 is 1. The Kier molecular flexibility index (Phi) is 3.96. The molecule has 0 N–H and O–H groups in total. The van der Waals surface area contributed by atoms with Gasteiger partial charge >= 0.3 is 0 Å². The van der Waals surface area contributed by atoms with E-state index >= 15 is 0 Å². The molecule has 0 fully saturated rings. The Labute approximate surface area is 124 Å². The second kappa shape index (κ2) is 6.22. The molecule has 21 heavy (non-hydrogen) atoms. The number of aromatic nitrogens is 3. The maximum Gasteiger partial charge on any atom is 0.119 e. The number of aryl methyl sites for hydroxylation is 2. The number of rotatable bonds is 5. The molecule has 0 saturated heterocycles.